The second-order valence-electron chi connectivity index (χ2n) is 7.93. The Morgan fingerprint density at radius 1 is 1.03 bits per heavy atom. The second kappa shape index (κ2) is 8.15. The second-order valence-corrected chi connectivity index (χ2v) is 7.93. The Hall–Kier alpha value is -3.79. The number of carbonyl (C=O) groups excluding carboxylic acids is 1. The number of hydrogen-bond donors (Lipinski definition) is 0. The van der Waals surface area contributed by atoms with Gasteiger partial charge in [0.15, 0.2) is 6.29 Å². The van der Waals surface area contributed by atoms with Crippen LogP contribution in [-0.4, -0.2) is 17.0 Å². The quantitative estimate of drug-likeness (QED) is 0.364. The summed E-state index contributed by atoms with van der Waals surface area (Å²) in [5, 5.41) is 0. The molecule has 31 heavy (non-hydrogen) atoms. The van der Waals surface area contributed by atoms with E-state index in [1.807, 2.05) is 37.4 Å². The topological polar surface area (TPSA) is 45.6 Å². The monoisotopic (exact) mass is 407 g/mol. The van der Waals surface area contributed by atoms with Crippen LogP contribution in [0.25, 0.3) is 5.70 Å². The number of hydrogen-bond acceptors (Lipinski definition) is 4. The van der Waals surface area contributed by atoms with E-state index in [9.17, 15) is 4.79 Å². The molecule has 4 heteroatoms. The van der Waals surface area contributed by atoms with Crippen molar-refractivity contribution < 1.29 is 4.79 Å². The third-order valence-corrected chi connectivity index (χ3v) is 5.76. The minimum Gasteiger partial charge on any atom is -0.296 e. The van der Waals surface area contributed by atoms with Crippen LogP contribution in [0.15, 0.2) is 90.6 Å². The number of rotatable bonds is 5. The minimum absolute atomic E-state index is 0.176. The summed E-state index contributed by atoms with van der Waals surface area (Å²) in [4.78, 5) is 22.6. The largest absolute Gasteiger partial charge is 0.296 e. The van der Waals surface area contributed by atoms with E-state index in [4.69, 9.17) is 0 Å². The van der Waals surface area contributed by atoms with Gasteiger partial charge in [0.25, 0.3) is 0 Å². The summed E-state index contributed by atoms with van der Waals surface area (Å²) >= 11 is 0. The summed E-state index contributed by atoms with van der Waals surface area (Å²) in [6, 6.07) is 20.7. The van der Waals surface area contributed by atoms with Crippen LogP contribution in [0.5, 0.6) is 0 Å². The van der Waals surface area contributed by atoms with Crippen LogP contribution in [-0.2, 0) is 10.2 Å². The van der Waals surface area contributed by atoms with Crippen LogP contribution in [0.2, 0.25) is 0 Å². The molecule has 1 aliphatic heterocycles. The fourth-order valence-corrected chi connectivity index (χ4v) is 4.16. The highest BCUT2D eigenvalue weighted by Gasteiger charge is 2.37. The van der Waals surface area contributed by atoms with Crippen molar-refractivity contribution in [1.82, 2.24) is 4.98 Å². The molecule has 0 aliphatic carbocycles. The first kappa shape index (κ1) is 20.5. The SMILES string of the molecule is C=C/C(C=O)=N\C(=C/C)c1ccc2c(c1)N(c1ccccn1)c1ccccc1C2(C)C. The van der Waals surface area contributed by atoms with E-state index < -0.39 is 0 Å². The lowest BCUT2D eigenvalue weighted by Crippen LogP contribution is -2.31. The number of aliphatic imine (C=N–C) groups is 1. The van der Waals surface area contributed by atoms with E-state index >= 15 is 0 Å². The molecule has 4 rings (SSSR count). The third kappa shape index (κ3) is 3.50. The number of anilines is 3. The smallest absolute Gasteiger partial charge is 0.168 e. The molecule has 2 aromatic carbocycles. The lowest BCUT2D eigenvalue weighted by molar-refractivity contribution is -0.102. The van der Waals surface area contributed by atoms with Crippen molar-refractivity contribution in [2.75, 3.05) is 4.90 Å². The summed E-state index contributed by atoms with van der Waals surface area (Å²) in [5.74, 6) is 0.856. The van der Waals surface area contributed by atoms with Crippen molar-refractivity contribution in [2.24, 2.45) is 4.99 Å². The summed E-state index contributed by atoms with van der Waals surface area (Å²) in [5.41, 5.74) is 6.41. The zero-order chi connectivity index (χ0) is 22.0. The highest BCUT2D eigenvalue weighted by molar-refractivity contribution is 6.34. The van der Waals surface area contributed by atoms with Crippen LogP contribution in [0.1, 0.15) is 37.5 Å². The number of benzene rings is 2. The van der Waals surface area contributed by atoms with Crippen molar-refractivity contribution in [3.05, 3.63) is 102 Å². The maximum atomic E-state index is 11.3. The fourth-order valence-electron chi connectivity index (χ4n) is 4.16. The Morgan fingerprint density at radius 2 is 1.77 bits per heavy atom. The molecule has 0 bridgehead atoms. The van der Waals surface area contributed by atoms with Crippen LogP contribution >= 0.6 is 0 Å². The molecule has 0 amide bonds. The molecule has 0 radical (unpaired) electrons. The predicted molar refractivity (Wildman–Crippen MR) is 128 cm³/mol. The molecule has 1 aromatic heterocycles. The van der Waals surface area contributed by atoms with Crippen molar-refractivity contribution in [2.45, 2.75) is 26.2 Å². The van der Waals surface area contributed by atoms with Crippen LogP contribution < -0.4 is 4.90 Å². The Morgan fingerprint density at radius 3 is 2.45 bits per heavy atom. The average Bonchev–Trinajstić information content (AvgIpc) is 2.80. The Balaban J connectivity index is 1.97. The molecule has 0 saturated heterocycles. The molecule has 1 aliphatic rings. The zero-order valence-corrected chi connectivity index (χ0v) is 18.0. The molecule has 0 fully saturated rings. The molecule has 154 valence electrons. The van der Waals surface area contributed by atoms with E-state index in [0.29, 0.717) is 12.0 Å². The summed E-state index contributed by atoms with van der Waals surface area (Å²) in [6.07, 6.45) is 5.90. The molecule has 0 saturated carbocycles. The summed E-state index contributed by atoms with van der Waals surface area (Å²) < 4.78 is 0. The highest BCUT2D eigenvalue weighted by atomic mass is 16.1. The van der Waals surface area contributed by atoms with Gasteiger partial charge in [0, 0.05) is 17.2 Å². The van der Waals surface area contributed by atoms with E-state index in [1.165, 1.54) is 17.2 Å². The molecular formula is C27H25N3O. The lowest BCUT2D eigenvalue weighted by Gasteiger charge is -2.41. The van der Waals surface area contributed by atoms with E-state index in [-0.39, 0.29) is 5.41 Å². The maximum absolute atomic E-state index is 11.3. The first-order valence-corrected chi connectivity index (χ1v) is 10.3. The minimum atomic E-state index is -0.176. The molecule has 0 unspecified atom stereocenters. The molecule has 4 nitrogen and oxygen atoms in total. The van der Waals surface area contributed by atoms with Crippen molar-refractivity contribution in [1.29, 1.82) is 0 Å². The van der Waals surface area contributed by atoms with Gasteiger partial charge in [0.2, 0.25) is 0 Å². The van der Waals surface area contributed by atoms with Gasteiger partial charge in [-0.3, -0.25) is 9.69 Å². The standard InChI is InChI=1S/C27H25N3O/c1-5-20(18-31)29-23(6-2)19-14-15-22-25(17-19)30(26-13-9-10-16-28-26)24-12-8-7-11-21(24)27(22,3)4/h5-18H,1H2,2-4H3/b23-6-,29-20+. The van der Waals surface area contributed by atoms with Crippen molar-refractivity contribution >= 4 is 34.9 Å². The van der Waals surface area contributed by atoms with Gasteiger partial charge < -0.3 is 0 Å². The number of aromatic nitrogens is 1. The van der Waals surface area contributed by atoms with Crippen LogP contribution in [0, 0.1) is 0 Å². The predicted octanol–water partition coefficient (Wildman–Crippen LogP) is 6.38. The first-order chi connectivity index (χ1) is 15.0. The summed E-state index contributed by atoms with van der Waals surface area (Å²) in [6.45, 7) is 10.1. The highest BCUT2D eigenvalue weighted by Crippen LogP contribution is 2.51. The zero-order valence-electron chi connectivity index (χ0n) is 18.0. The van der Waals surface area contributed by atoms with Crippen molar-refractivity contribution in [3.8, 4) is 0 Å². The number of carbonyl (C=O) groups is 1. The first-order valence-electron chi connectivity index (χ1n) is 10.3. The number of allylic oxidation sites excluding steroid dienone is 2. The molecular weight excluding hydrogens is 382 g/mol. The number of para-hydroxylation sites is 1. The van der Waals surface area contributed by atoms with Gasteiger partial charge in [-0.05, 0) is 48.4 Å². The lowest BCUT2D eigenvalue weighted by atomic mass is 9.73. The number of pyridine rings is 1. The molecule has 0 atom stereocenters. The van der Waals surface area contributed by atoms with E-state index in [2.05, 4.69) is 77.8 Å². The number of aldehydes is 1. The van der Waals surface area contributed by atoms with Crippen molar-refractivity contribution in [3.63, 3.8) is 0 Å². The third-order valence-electron chi connectivity index (χ3n) is 5.76. The van der Waals surface area contributed by atoms with Gasteiger partial charge in [0.1, 0.15) is 11.5 Å². The number of fused-ring (bicyclic) bond motifs is 2. The Labute approximate surface area is 183 Å². The average molecular weight is 408 g/mol. The van der Waals surface area contributed by atoms with Gasteiger partial charge in [-0.2, -0.15) is 0 Å². The van der Waals surface area contributed by atoms with E-state index in [1.54, 1.807) is 0 Å². The van der Waals surface area contributed by atoms with Gasteiger partial charge in [-0.1, -0.05) is 62.9 Å². The molecule has 2 heterocycles. The van der Waals surface area contributed by atoms with Crippen LogP contribution in [0.3, 0.4) is 0 Å². The van der Waals surface area contributed by atoms with Gasteiger partial charge in [-0.15, -0.1) is 0 Å². The normalized spacial score (nSPS) is 15.1. The van der Waals surface area contributed by atoms with E-state index in [0.717, 1.165) is 28.5 Å². The van der Waals surface area contributed by atoms with Gasteiger partial charge in [-0.25, -0.2) is 9.98 Å². The molecule has 3 aromatic rings. The Bertz CT molecular complexity index is 1200. The maximum Gasteiger partial charge on any atom is 0.168 e. The molecule has 0 N–H and O–H groups in total. The fraction of sp³-hybridized carbons (Fsp3) is 0.148. The Kier molecular flexibility index (Phi) is 5.38. The summed E-state index contributed by atoms with van der Waals surface area (Å²) in [7, 11) is 0. The number of nitrogens with zero attached hydrogens (tertiary/aromatic N) is 3. The molecule has 0 spiro atoms. The van der Waals surface area contributed by atoms with Crippen LogP contribution in [0.4, 0.5) is 17.2 Å². The van der Waals surface area contributed by atoms with Gasteiger partial charge >= 0.3 is 0 Å². The van der Waals surface area contributed by atoms with Gasteiger partial charge in [0.05, 0.1) is 17.1 Å².